The second-order valence-corrected chi connectivity index (χ2v) is 5.49. The normalized spacial score (nSPS) is 25.8. The average molecular weight is 253 g/mol. The largest absolute Gasteiger partial charge is 0.495 e. The number of ether oxygens (including phenoxy) is 1. The van der Waals surface area contributed by atoms with Crippen LogP contribution in [0.25, 0.3) is 0 Å². The second-order valence-electron chi connectivity index (χ2n) is 5.08. The van der Waals surface area contributed by atoms with E-state index in [1.54, 1.807) is 7.11 Å². The summed E-state index contributed by atoms with van der Waals surface area (Å²) in [6.45, 7) is 0.0231. The van der Waals surface area contributed by atoms with E-state index in [0.29, 0.717) is 22.6 Å². The summed E-state index contributed by atoms with van der Waals surface area (Å²) in [6.07, 6.45) is 5.03. The maximum atomic E-state index is 9.62. The fraction of sp³-hybridized carbons (Fsp3) is 0.571. The minimum Gasteiger partial charge on any atom is -0.495 e. The molecule has 2 nitrogen and oxygen atoms in total. The molecule has 1 N–H and O–H groups in total. The minimum absolute atomic E-state index is 0.0231. The lowest BCUT2D eigenvalue weighted by Gasteiger charge is -2.40. The van der Waals surface area contributed by atoms with E-state index in [2.05, 4.69) is 6.07 Å². The van der Waals surface area contributed by atoms with Crippen LogP contribution < -0.4 is 4.74 Å². The van der Waals surface area contributed by atoms with Crippen molar-refractivity contribution in [1.29, 1.82) is 0 Å². The molecule has 0 spiro atoms. The van der Waals surface area contributed by atoms with Crippen LogP contribution in [-0.4, -0.2) is 12.2 Å². The van der Waals surface area contributed by atoms with Crippen LogP contribution in [0.4, 0.5) is 0 Å². The van der Waals surface area contributed by atoms with Gasteiger partial charge in [-0.3, -0.25) is 0 Å². The van der Waals surface area contributed by atoms with E-state index in [4.69, 9.17) is 16.3 Å². The number of hydrogen-bond acceptors (Lipinski definition) is 2. The van der Waals surface area contributed by atoms with E-state index >= 15 is 0 Å². The van der Waals surface area contributed by atoms with Gasteiger partial charge in [-0.15, -0.1) is 0 Å². The van der Waals surface area contributed by atoms with Gasteiger partial charge in [0.1, 0.15) is 5.75 Å². The Bertz CT molecular complexity index is 448. The molecule has 0 saturated heterocycles. The molecule has 3 aliphatic carbocycles. The molecule has 0 atom stereocenters. The Morgan fingerprint density at radius 3 is 2.53 bits per heavy atom. The molecule has 1 aromatic carbocycles. The minimum atomic E-state index is 0.0231. The molecule has 3 heteroatoms. The van der Waals surface area contributed by atoms with Gasteiger partial charge in [-0.25, -0.2) is 0 Å². The predicted octanol–water partition coefficient (Wildman–Crippen LogP) is 3.60. The van der Waals surface area contributed by atoms with Gasteiger partial charge in [0.25, 0.3) is 0 Å². The first-order valence-electron chi connectivity index (χ1n) is 6.26. The average Bonchev–Trinajstić information content (AvgIpc) is 2.38. The van der Waals surface area contributed by atoms with Crippen LogP contribution in [0.1, 0.15) is 54.2 Å². The molecule has 0 heterocycles. The summed E-state index contributed by atoms with van der Waals surface area (Å²) >= 11 is 6.25. The van der Waals surface area contributed by atoms with E-state index < -0.39 is 0 Å². The van der Waals surface area contributed by atoms with E-state index in [9.17, 15) is 5.11 Å². The predicted molar refractivity (Wildman–Crippen MR) is 67.9 cm³/mol. The summed E-state index contributed by atoms with van der Waals surface area (Å²) in [5.41, 5.74) is 3.61. The van der Waals surface area contributed by atoms with Crippen LogP contribution in [-0.2, 0) is 6.61 Å². The SMILES string of the molecule is COc1c(Cl)cc2c(c1CO)C1CCC2CC1. The maximum absolute atomic E-state index is 9.62. The highest BCUT2D eigenvalue weighted by Gasteiger charge is 2.36. The Labute approximate surface area is 107 Å². The topological polar surface area (TPSA) is 29.5 Å². The molecule has 0 amide bonds. The highest BCUT2D eigenvalue weighted by molar-refractivity contribution is 6.32. The van der Waals surface area contributed by atoms with Gasteiger partial charge in [0.05, 0.1) is 18.7 Å². The van der Waals surface area contributed by atoms with Crippen molar-refractivity contribution in [3.05, 3.63) is 27.8 Å². The third kappa shape index (κ3) is 1.58. The summed E-state index contributed by atoms with van der Waals surface area (Å²) in [5.74, 6) is 1.91. The Balaban J connectivity index is 2.25. The van der Waals surface area contributed by atoms with Crippen molar-refractivity contribution in [3.8, 4) is 5.75 Å². The number of aliphatic hydroxyl groups excluding tert-OH is 1. The van der Waals surface area contributed by atoms with Crippen molar-refractivity contribution in [2.75, 3.05) is 7.11 Å². The Morgan fingerprint density at radius 1 is 1.29 bits per heavy atom. The Hall–Kier alpha value is -0.730. The fourth-order valence-electron chi connectivity index (χ4n) is 3.61. The molecular weight excluding hydrogens is 236 g/mol. The number of rotatable bonds is 2. The van der Waals surface area contributed by atoms with E-state index in [1.165, 1.54) is 36.8 Å². The summed E-state index contributed by atoms with van der Waals surface area (Å²) in [4.78, 5) is 0. The molecule has 17 heavy (non-hydrogen) atoms. The third-order valence-electron chi connectivity index (χ3n) is 4.35. The van der Waals surface area contributed by atoms with Gasteiger partial charge >= 0.3 is 0 Å². The molecule has 0 unspecified atom stereocenters. The molecule has 4 rings (SSSR count). The number of fused-ring (bicyclic) bond motifs is 2. The molecule has 1 saturated carbocycles. The van der Waals surface area contributed by atoms with Gasteiger partial charge in [0.2, 0.25) is 0 Å². The van der Waals surface area contributed by atoms with E-state index in [0.717, 1.165) is 5.56 Å². The van der Waals surface area contributed by atoms with Crippen LogP contribution in [0.15, 0.2) is 6.07 Å². The molecule has 92 valence electrons. The fourth-order valence-corrected chi connectivity index (χ4v) is 3.92. The van der Waals surface area contributed by atoms with Gasteiger partial charge in [-0.1, -0.05) is 11.6 Å². The summed E-state index contributed by atoms with van der Waals surface area (Å²) < 4.78 is 5.35. The molecular formula is C14H17ClO2. The van der Waals surface area contributed by atoms with Gasteiger partial charge in [-0.2, -0.15) is 0 Å². The summed E-state index contributed by atoms with van der Waals surface area (Å²) in [5, 5.41) is 10.3. The van der Waals surface area contributed by atoms with Crippen LogP contribution in [0.2, 0.25) is 5.02 Å². The molecule has 3 aliphatic rings. The first-order valence-corrected chi connectivity index (χ1v) is 6.64. The molecule has 0 radical (unpaired) electrons. The second kappa shape index (κ2) is 4.18. The zero-order valence-corrected chi connectivity index (χ0v) is 10.8. The van der Waals surface area contributed by atoms with Crippen LogP contribution in [0.3, 0.4) is 0 Å². The lowest BCUT2D eigenvalue weighted by atomic mass is 9.66. The summed E-state index contributed by atoms with van der Waals surface area (Å²) in [7, 11) is 1.62. The summed E-state index contributed by atoms with van der Waals surface area (Å²) in [6, 6.07) is 2.06. The van der Waals surface area contributed by atoms with Gasteiger partial charge in [-0.05, 0) is 54.7 Å². The van der Waals surface area contributed by atoms with Gasteiger partial charge in [0, 0.05) is 5.56 Å². The lowest BCUT2D eigenvalue weighted by molar-refractivity contribution is 0.265. The van der Waals surface area contributed by atoms with Crippen molar-refractivity contribution < 1.29 is 9.84 Å². The van der Waals surface area contributed by atoms with Crippen LogP contribution >= 0.6 is 11.6 Å². The zero-order valence-electron chi connectivity index (χ0n) is 10.0. The quantitative estimate of drug-likeness (QED) is 0.872. The number of aliphatic hydroxyl groups is 1. The van der Waals surface area contributed by atoms with E-state index in [1.807, 2.05) is 0 Å². The lowest BCUT2D eigenvalue weighted by Crippen LogP contribution is -2.23. The monoisotopic (exact) mass is 252 g/mol. The van der Waals surface area contributed by atoms with Crippen molar-refractivity contribution in [1.82, 2.24) is 0 Å². The van der Waals surface area contributed by atoms with Crippen LogP contribution in [0, 0.1) is 0 Å². The molecule has 1 fully saturated rings. The molecule has 2 bridgehead atoms. The first-order chi connectivity index (χ1) is 8.26. The molecule has 0 aromatic heterocycles. The van der Waals surface area contributed by atoms with Crippen LogP contribution in [0.5, 0.6) is 5.75 Å². The number of benzene rings is 1. The third-order valence-corrected chi connectivity index (χ3v) is 4.63. The number of hydrogen-bond donors (Lipinski definition) is 1. The highest BCUT2D eigenvalue weighted by Crippen LogP contribution is 2.53. The van der Waals surface area contributed by atoms with Crippen molar-refractivity contribution in [3.63, 3.8) is 0 Å². The maximum Gasteiger partial charge on any atom is 0.143 e. The van der Waals surface area contributed by atoms with E-state index in [-0.39, 0.29) is 6.61 Å². The van der Waals surface area contributed by atoms with Gasteiger partial charge in [0.15, 0.2) is 0 Å². The Kier molecular flexibility index (Phi) is 2.80. The van der Waals surface area contributed by atoms with Crippen molar-refractivity contribution in [2.24, 2.45) is 0 Å². The zero-order chi connectivity index (χ0) is 12.0. The van der Waals surface area contributed by atoms with Crippen molar-refractivity contribution in [2.45, 2.75) is 44.1 Å². The standard InChI is InChI=1S/C14H17ClO2/c1-17-14-11(7-16)13-9-4-2-8(3-5-9)10(13)6-12(14)15/h6,8-9,16H,2-5,7H2,1H3. The molecule has 1 aromatic rings. The van der Waals surface area contributed by atoms with Gasteiger partial charge < -0.3 is 9.84 Å². The highest BCUT2D eigenvalue weighted by atomic mass is 35.5. The smallest absolute Gasteiger partial charge is 0.143 e. The molecule has 0 aliphatic heterocycles. The number of halogens is 1. The Morgan fingerprint density at radius 2 is 1.94 bits per heavy atom. The first kappa shape index (κ1) is 11.4. The van der Waals surface area contributed by atoms with Crippen molar-refractivity contribution >= 4 is 11.6 Å². The number of methoxy groups -OCH3 is 1.